The van der Waals surface area contributed by atoms with Gasteiger partial charge in [0.05, 0.1) is 0 Å². The Morgan fingerprint density at radius 1 is 1.08 bits per heavy atom. The van der Waals surface area contributed by atoms with Crippen molar-refractivity contribution in [3.05, 3.63) is 29.3 Å². The van der Waals surface area contributed by atoms with Crippen LogP contribution in [0.15, 0.2) is 18.2 Å². The number of hydrogen-bond acceptors (Lipinski definition) is 2. The molecule has 4 nitrogen and oxygen atoms in total. The predicted molar refractivity (Wildman–Crippen MR) is 111 cm³/mol. The minimum Gasteiger partial charge on any atom is -0.353 e. The summed E-state index contributed by atoms with van der Waals surface area (Å²) < 4.78 is 0. The molecule has 2 aliphatic rings. The second-order valence-electron chi connectivity index (χ2n) is 7.78. The van der Waals surface area contributed by atoms with E-state index in [0.717, 1.165) is 49.6 Å². The molecule has 1 saturated heterocycles. The summed E-state index contributed by atoms with van der Waals surface area (Å²) in [7, 11) is 0. The molecule has 1 heterocycles. The normalized spacial score (nSPS) is 19.2. The number of aryl methyl sites for hydroxylation is 1. The number of thiocarbonyl (C=S) groups is 1. The molecule has 0 spiro atoms. The van der Waals surface area contributed by atoms with Gasteiger partial charge in [-0.25, -0.2) is 0 Å². The molecule has 1 aliphatic carbocycles. The average Bonchev–Trinajstić information content (AvgIpc) is 2.66. The smallest absolute Gasteiger partial charge is 0.223 e. The van der Waals surface area contributed by atoms with Crippen LogP contribution in [0.2, 0.25) is 0 Å². The largest absolute Gasteiger partial charge is 0.353 e. The molecule has 5 heteroatoms. The first kappa shape index (κ1) is 19.2. The van der Waals surface area contributed by atoms with Crippen molar-refractivity contribution >= 4 is 28.9 Å². The molecule has 26 heavy (non-hydrogen) atoms. The standard InChI is InChI=1S/C21H31N3OS/c1-15-7-6-10-19(16(15)2)23-21(26)24-13-11-18(12-14-24)22-20(25)17-8-4-3-5-9-17/h6-7,10,17-18H,3-5,8-9,11-14H2,1-2H3,(H,22,25)(H,23,26). The second-order valence-corrected chi connectivity index (χ2v) is 8.17. The Balaban J connectivity index is 1.46. The van der Waals surface area contributed by atoms with Crippen molar-refractivity contribution in [3.8, 4) is 0 Å². The lowest BCUT2D eigenvalue weighted by Crippen LogP contribution is -2.49. The number of piperidine rings is 1. The van der Waals surface area contributed by atoms with E-state index in [1.54, 1.807) is 0 Å². The Hall–Kier alpha value is -1.62. The summed E-state index contributed by atoms with van der Waals surface area (Å²) in [5.74, 6) is 0.521. The fraction of sp³-hybridized carbons (Fsp3) is 0.619. The number of likely N-dealkylation sites (tertiary alicyclic amines) is 1. The highest BCUT2D eigenvalue weighted by atomic mass is 32.1. The third-order valence-electron chi connectivity index (χ3n) is 5.95. The van der Waals surface area contributed by atoms with Gasteiger partial charge in [0.25, 0.3) is 0 Å². The maximum absolute atomic E-state index is 12.4. The van der Waals surface area contributed by atoms with E-state index in [9.17, 15) is 4.79 Å². The van der Waals surface area contributed by atoms with Crippen LogP contribution in [0, 0.1) is 19.8 Å². The zero-order valence-electron chi connectivity index (χ0n) is 16.0. The molecular formula is C21H31N3OS. The minimum atomic E-state index is 0.244. The minimum absolute atomic E-state index is 0.244. The summed E-state index contributed by atoms with van der Waals surface area (Å²) in [5.41, 5.74) is 3.59. The van der Waals surface area contributed by atoms with Crippen LogP contribution in [0.25, 0.3) is 0 Å². The molecule has 1 amide bonds. The van der Waals surface area contributed by atoms with Gasteiger partial charge in [-0.1, -0.05) is 31.4 Å². The molecule has 0 aromatic heterocycles. The van der Waals surface area contributed by atoms with Crippen molar-refractivity contribution < 1.29 is 4.79 Å². The maximum atomic E-state index is 12.4. The molecule has 0 unspecified atom stereocenters. The first-order chi connectivity index (χ1) is 12.5. The van der Waals surface area contributed by atoms with E-state index in [-0.39, 0.29) is 11.8 Å². The highest BCUT2D eigenvalue weighted by molar-refractivity contribution is 7.80. The van der Waals surface area contributed by atoms with Crippen LogP contribution >= 0.6 is 12.2 Å². The number of amides is 1. The molecule has 1 aromatic rings. The van der Waals surface area contributed by atoms with Gasteiger partial charge >= 0.3 is 0 Å². The average molecular weight is 374 g/mol. The van der Waals surface area contributed by atoms with Crippen LogP contribution in [0.1, 0.15) is 56.1 Å². The van der Waals surface area contributed by atoms with Gasteiger partial charge in [0.1, 0.15) is 0 Å². The lowest BCUT2D eigenvalue weighted by atomic mass is 9.88. The highest BCUT2D eigenvalue weighted by Crippen LogP contribution is 2.24. The van der Waals surface area contributed by atoms with Crippen molar-refractivity contribution in [1.29, 1.82) is 0 Å². The summed E-state index contributed by atoms with van der Waals surface area (Å²) in [6, 6.07) is 6.54. The summed E-state index contributed by atoms with van der Waals surface area (Å²) in [6.45, 7) is 6.02. The number of anilines is 1. The van der Waals surface area contributed by atoms with E-state index in [0.29, 0.717) is 6.04 Å². The molecule has 142 valence electrons. The van der Waals surface area contributed by atoms with Gasteiger partial charge in [0.2, 0.25) is 5.91 Å². The van der Waals surface area contributed by atoms with E-state index < -0.39 is 0 Å². The number of rotatable bonds is 3. The molecule has 2 fully saturated rings. The number of carbonyl (C=O) groups excluding carboxylic acids is 1. The van der Waals surface area contributed by atoms with Gasteiger partial charge in [-0.2, -0.15) is 0 Å². The number of nitrogens with one attached hydrogen (secondary N) is 2. The first-order valence-corrected chi connectivity index (χ1v) is 10.4. The van der Waals surface area contributed by atoms with Crippen LogP contribution in [0.5, 0.6) is 0 Å². The van der Waals surface area contributed by atoms with E-state index >= 15 is 0 Å². The van der Waals surface area contributed by atoms with E-state index in [1.807, 2.05) is 0 Å². The van der Waals surface area contributed by atoms with Gasteiger partial charge < -0.3 is 15.5 Å². The molecular weight excluding hydrogens is 342 g/mol. The maximum Gasteiger partial charge on any atom is 0.223 e. The monoisotopic (exact) mass is 373 g/mol. The lowest BCUT2D eigenvalue weighted by Gasteiger charge is -2.35. The van der Waals surface area contributed by atoms with Crippen molar-refractivity contribution in [2.24, 2.45) is 5.92 Å². The SMILES string of the molecule is Cc1cccc(NC(=S)N2CCC(NC(=O)C3CCCCC3)CC2)c1C. The van der Waals surface area contributed by atoms with Crippen LogP contribution in [0.3, 0.4) is 0 Å². The number of nitrogens with zero attached hydrogens (tertiary/aromatic N) is 1. The quantitative estimate of drug-likeness (QED) is 0.781. The van der Waals surface area contributed by atoms with Crippen LogP contribution in [-0.2, 0) is 4.79 Å². The zero-order valence-corrected chi connectivity index (χ0v) is 16.8. The molecule has 0 bridgehead atoms. The van der Waals surface area contributed by atoms with Gasteiger partial charge in [0, 0.05) is 30.7 Å². The molecule has 1 saturated carbocycles. The summed E-state index contributed by atoms with van der Waals surface area (Å²) >= 11 is 5.62. The Morgan fingerprint density at radius 3 is 2.46 bits per heavy atom. The summed E-state index contributed by atoms with van der Waals surface area (Å²) in [4.78, 5) is 14.7. The fourth-order valence-corrected chi connectivity index (χ4v) is 4.28. The fourth-order valence-electron chi connectivity index (χ4n) is 3.99. The Morgan fingerprint density at radius 2 is 1.77 bits per heavy atom. The van der Waals surface area contributed by atoms with Gasteiger partial charge in [0.15, 0.2) is 5.11 Å². The molecule has 2 N–H and O–H groups in total. The van der Waals surface area contributed by atoms with Gasteiger partial charge in [-0.05, 0) is 68.9 Å². The Bertz CT molecular complexity index is 647. The Labute approximate surface area is 162 Å². The molecule has 0 radical (unpaired) electrons. The Kier molecular flexibility index (Phi) is 6.52. The molecule has 0 atom stereocenters. The van der Waals surface area contributed by atoms with E-state index in [2.05, 4.69) is 47.6 Å². The third-order valence-corrected chi connectivity index (χ3v) is 6.31. The topological polar surface area (TPSA) is 44.4 Å². The van der Waals surface area contributed by atoms with Gasteiger partial charge in [-0.3, -0.25) is 4.79 Å². The van der Waals surface area contributed by atoms with Crippen LogP contribution in [-0.4, -0.2) is 35.1 Å². The lowest BCUT2D eigenvalue weighted by molar-refractivity contribution is -0.126. The van der Waals surface area contributed by atoms with Crippen molar-refractivity contribution in [3.63, 3.8) is 0 Å². The number of hydrogen-bond donors (Lipinski definition) is 2. The van der Waals surface area contributed by atoms with Crippen molar-refractivity contribution in [2.45, 2.75) is 64.8 Å². The zero-order chi connectivity index (χ0) is 18.5. The van der Waals surface area contributed by atoms with Crippen molar-refractivity contribution in [1.82, 2.24) is 10.2 Å². The van der Waals surface area contributed by atoms with E-state index in [1.165, 1.54) is 30.4 Å². The predicted octanol–water partition coefficient (Wildman–Crippen LogP) is 4.16. The molecule has 1 aliphatic heterocycles. The second kappa shape index (κ2) is 8.85. The number of carbonyl (C=O) groups is 1. The first-order valence-electron chi connectivity index (χ1n) is 9.97. The molecule has 3 rings (SSSR count). The van der Waals surface area contributed by atoms with Gasteiger partial charge in [-0.15, -0.1) is 0 Å². The van der Waals surface area contributed by atoms with Crippen LogP contribution in [0.4, 0.5) is 5.69 Å². The summed E-state index contributed by atoms with van der Waals surface area (Å²) in [5, 5.41) is 7.47. The van der Waals surface area contributed by atoms with Crippen molar-refractivity contribution in [2.75, 3.05) is 18.4 Å². The molecule has 1 aromatic carbocycles. The van der Waals surface area contributed by atoms with E-state index in [4.69, 9.17) is 12.2 Å². The van der Waals surface area contributed by atoms with Crippen LogP contribution < -0.4 is 10.6 Å². The summed E-state index contributed by atoms with van der Waals surface area (Å²) in [6.07, 6.45) is 7.75. The highest BCUT2D eigenvalue weighted by Gasteiger charge is 2.26. The third kappa shape index (κ3) is 4.76. The number of benzene rings is 1.